The van der Waals surface area contributed by atoms with Crippen LogP contribution in [0.3, 0.4) is 0 Å². The summed E-state index contributed by atoms with van der Waals surface area (Å²) in [6, 6.07) is 7.96. The van der Waals surface area contributed by atoms with Gasteiger partial charge in [-0.25, -0.2) is 4.79 Å². The second-order valence-electron chi connectivity index (χ2n) is 5.53. The highest BCUT2D eigenvalue weighted by Gasteiger charge is 2.18. The minimum Gasteiger partial charge on any atom is -0.507 e. The zero-order valence-corrected chi connectivity index (χ0v) is 13.5. The van der Waals surface area contributed by atoms with Crippen LogP contribution in [0.25, 0.3) is 21.9 Å². The van der Waals surface area contributed by atoms with Crippen molar-refractivity contribution in [3.63, 3.8) is 0 Å². The molecule has 0 bridgehead atoms. The molecule has 0 spiro atoms. The maximum absolute atomic E-state index is 12.6. The van der Waals surface area contributed by atoms with Gasteiger partial charge < -0.3 is 19.0 Å². The highest BCUT2D eigenvalue weighted by molar-refractivity contribution is 5.94. The van der Waals surface area contributed by atoms with Crippen molar-refractivity contribution in [1.29, 1.82) is 0 Å². The Kier molecular flexibility index (Phi) is 3.89. The van der Waals surface area contributed by atoms with Gasteiger partial charge in [0.1, 0.15) is 28.1 Å². The number of rotatable bonds is 3. The lowest BCUT2D eigenvalue weighted by Crippen LogP contribution is -2.24. The number of carbonyl (C=O) groups is 1. The Balaban J connectivity index is 2.18. The SMILES string of the molecule is COC(=O)C(C)Oc1cc(O)c2c(=O)c3ccc(C)cc3oc2c1. The van der Waals surface area contributed by atoms with Gasteiger partial charge in [-0.05, 0) is 31.5 Å². The number of phenols is 1. The first-order valence-electron chi connectivity index (χ1n) is 7.35. The molecule has 6 nitrogen and oxygen atoms in total. The van der Waals surface area contributed by atoms with Gasteiger partial charge in [0.05, 0.1) is 12.5 Å². The molecule has 0 aliphatic rings. The van der Waals surface area contributed by atoms with Gasteiger partial charge >= 0.3 is 5.97 Å². The number of hydrogen-bond acceptors (Lipinski definition) is 6. The first-order valence-corrected chi connectivity index (χ1v) is 7.35. The maximum Gasteiger partial charge on any atom is 0.346 e. The van der Waals surface area contributed by atoms with Crippen LogP contribution in [-0.2, 0) is 9.53 Å². The molecule has 6 heteroatoms. The van der Waals surface area contributed by atoms with E-state index in [2.05, 4.69) is 4.74 Å². The smallest absolute Gasteiger partial charge is 0.346 e. The predicted molar refractivity (Wildman–Crippen MR) is 88.5 cm³/mol. The fraction of sp³-hybridized carbons (Fsp3) is 0.222. The van der Waals surface area contributed by atoms with Crippen molar-refractivity contribution in [2.75, 3.05) is 7.11 Å². The molecule has 3 rings (SSSR count). The van der Waals surface area contributed by atoms with Crippen LogP contribution in [0.1, 0.15) is 12.5 Å². The number of fused-ring (bicyclic) bond motifs is 2. The zero-order chi connectivity index (χ0) is 17.4. The second kappa shape index (κ2) is 5.88. The molecule has 24 heavy (non-hydrogen) atoms. The van der Waals surface area contributed by atoms with E-state index < -0.39 is 12.1 Å². The molecule has 1 aromatic heterocycles. The van der Waals surface area contributed by atoms with E-state index in [0.29, 0.717) is 11.0 Å². The van der Waals surface area contributed by atoms with E-state index in [1.165, 1.54) is 26.2 Å². The van der Waals surface area contributed by atoms with E-state index in [1.54, 1.807) is 18.2 Å². The molecule has 124 valence electrons. The fourth-order valence-corrected chi connectivity index (χ4v) is 2.53. The van der Waals surface area contributed by atoms with Crippen LogP contribution in [0.15, 0.2) is 39.5 Å². The number of aromatic hydroxyl groups is 1. The molecule has 2 aromatic carbocycles. The van der Waals surface area contributed by atoms with Crippen molar-refractivity contribution in [2.45, 2.75) is 20.0 Å². The molecule has 3 aromatic rings. The topological polar surface area (TPSA) is 86.0 Å². The highest BCUT2D eigenvalue weighted by Crippen LogP contribution is 2.31. The molecule has 0 saturated heterocycles. The molecule has 0 aliphatic heterocycles. The van der Waals surface area contributed by atoms with Gasteiger partial charge in [-0.1, -0.05) is 6.07 Å². The van der Waals surface area contributed by atoms with Crippen LogP contribution in [0, 0.1) is 6.92 Å². The van der Waals surface area contributed by atoms with Crippen LogP contribution in [0.5, 0.6) is 11.5 Å². The number of aryl methyl sites for hydroxylation is 1. The summed E-state index contributed by atoms with van der Waals surface area (Å²) in [7, 11) is 1.26. The normalized spacial score (nSPS) is 12.3. The predicted octanol–water partition coefficient (Wildman–Crippen LogP) is 2.90. The second-order valence-corrected chi connectivity index (χ2v) is 5.53. The van der Waals surface area contributed by atoms with Crippen LogP contribution >= 0.6 is 0 Å². The minimum atomic E-state index is -0.860. The fourth-order valence-electron chi connectivity index (χ4n) is 2.53. The first kappa shape index (κ1) is 15.9. The lowest BCUT2D eigenvalue weighted by Gasteiger charge is -2.13. The average molecular weight is 328 g/mol. The summed E-state index contributed by atoms with van der Waals surface area (Å²) in [4.78, 5) is 24.0. The molecule has 0 saturated carbocycles. The lowest BCUT2D eigenvalue weighted by atomic mass is 10.1. The molecule has 1 atom stereocenters. The average Bonchev–Trinajstić information content (AvgIpc) is 2.53. The van der Waals surface area contributed by atoms with Crippen LogP contribution in [0.4, 0.5) is 0 Å². The van der Waals surface area contributed by atoms with E-state index >= 15 is 0 Å². The van der Waals surface area contributed by atoms with Crippen molar-refractivity contribution in [1.82, 2.24) is 0 Å². The summed E-state index contributed by atoms with van der Waals surface area (Å²) in [5.41, 5.74) is 1.23. The van der Waals surface area contributed by atoms with Crippen LogP contribution in [-0.4, -0.2) is 24.3 Å². The largest absolute Gasteiger partial charge is 0.507 e. The molecule has 0 amide bonds. The number of ether oxygens (including phenoxy) is 2. The summed E-state index contributed by atoms with van der Waals surface area (Å²) in [5, 5.41) is 10.7. The molecule has 0 aliphatic carbocycles. The summed E-state index contributed by atoms with van der Waals surface area (Å²) >= 11 is 0. The summed E-state index contributed by atoms with van der Waals surface area (Å²) in [6.45, 7) is 3.41. The van der Waals surface area contributed by atoms with E-state index in [1.807, 2.05) is 6.92 Å². The van der Waals surface area contributed by atoms with E-state index in [0.717, 1.165) is 5.56 Å². The first-order chi connectivity index (χ1) is 11.4. The number of phenolic OH excluding ortho intramolecular Hbond substituents is 1. The van der Waals surface area contributed by atoms with Crippen LogP contribution in [0.2, 0.25) is 0 Å². The number of esters is 1. The lowest BCUT2D eigenvalue weighted by molar-refractivity contribution is -0.147. The van der Waals surface area contributed by atoms with Gasteiger partial charge in [-0.3, -0.25) is 4.79 Å². The van der Waals surface area contributed by atoms with Gasteiger partial charge in [-0.15, -0.1) is 0 Å². The maximum atomic E-state index is 12.6. The highest BCUT2D eigenvalue weighted by atomic mass is 16.6. The summed E-state index contributed by atoms with van der Waals surface area (Å²) in [6.07, 6.45) is -0.860. The van der Waals surface area contributed by atoms with E-state index in [9.17, 15) is 14.7 Å². The summed E-state index contributed by atoms with van der Waals surface area (Å²) < 4.78 is 15.8. The third kappa shape index (κ3) is 2.67. The Labute approximate surface area is 137 Å². The summed E-state index contributed by atoms with van der Waals surface area (Å²) in [5.74, 6) is -0.617. The Morgan fingerprint density at radius 1 is 1.21 bits per heavy atom. The van der Waals surface area contributed by atoms with Crippen molar-refractivity contribution in [2.24, 2.45) is 0 Å². The van der Waals surface area contributed by atoms with Gasteiger partial charge in [-0.2, -0.15) is 0 Å². The van der Waals surface area contributed by atoms with E-state index in [4.69, 9.17) is 9.15 Å². The third-order valence-electron chi connectivity index (χ3n) is 3.73. The van der Waals surface area contributed by atoms with Gasteiger partial charge in [0.25, 0.3) is 0 Å². The molecule has 1 unspecified atom stereocenters. The molecular formula is C18H16O6. The Morgan fingerprint density at radius 2 is 1.96 bits per heavy atom. The quantitative estimate of drug-likeness (QED) is 0.588. The van der Waals surface area contributed by atoms with Crippen molar-refractivity contribution in [3.05, 3.63) is 46.1 Å². The third-order valence-corrected chi connectivity index (χ3v) is 3.73. The zero-order valence-electron chi connectivity index (χ0n) is 13.5. The van der Waals surface area contributed by atoms with Gasteiger partial charge in [0.2, 0.25) is 5.43 Å². The van der Waals surface area contributed by atoms with Crippen molar-refractivity contribution in [3.8, 4) is 11.5 Å². The van der Waals surface area contributed by atoms with Crippen molar-refractivity contribution < 1.29 is 23.8 Å². The molecule has 1 N–H and O–H groups in total. The monoisotopic (exact) mass is 328 g/mol. The number of hydrogen-bond donors (Lipinski definition) is 1. The van der Waals surface area contributed by atoms with Crippen LogP contribution < -0.4 is 10.2 Å². The molecule has 1 heterocycles. The molecular weight excluding hydrogens is 312 g/mol. The minimum absolute atomic E-state index is 0.0735. The number of benzene rings is 2. The molecule has 0 fully saturated rings. The number of carbonyl (C=O) groups excluding carboxylic acids is 1. The standard InChI is InChI=1S/C18H16O6/c1-9-4-5-12-14(6-9)24-15-8-11(23-10(2)18(21)22-3)7-13(19)16(15)17(12)20/h4-8,10,19H,1-3H3. The Morgan fingerprint density at radius 3 is 2.67 bits per heavy atom. The van der Waals surface area contributed by atoms with Gasteiger partial charge in [0, 0.05) is 12.1 Å². The number of methoxy groups -OCH3 is 1. The van der Waals surface area contributed by atoms with E-state index in [-0.39, 0.29) is 27.9 Å². The van der Waals surface area contributed by atoms with Gasteiger partial charge in [0.15, 0.2) is 6.10 Å². The molecule has 0 radical (unpaired) electrons. The Hall–Kier alpha value is -3.02. The Bertz CT molecular complexity index is 1000. The van der Waals surface area contributed by atoms with Crippen molar-refractivity contribution >= 4 is 27.9 Å².